The van der Waals surface area contributed by atoms with Crippen molar-refractivity contribution in [3.8, 4) is 0 Å². The zero-order chi connectivity index (χ0) is 5.86. The second-order valence-electron chi connectivity index (χ2n) is 1.05. The van der Waals surface area contributed by atoms with Crippen molar-refractivity contribution < 1.29 is 4.79 Å². The van der Waals surface area contributed by atoms with E-state index in [4.69, 9.17) is 0 Å². The van der Waals surface area contributed by atoms with Gasteiger partial charge in [0.15, 0.2) is 0 Å². The molecule has 0 saturated carbocycles. The van der Waals surface area contributed by atoms with E-state index >= 15 is 0 Å². The molecule has 2 amide bonds. The zero-order valence-electron chi connectivity index (χ0n) is 3.89. The van der Waals surface area contributed by atoms with E-state index in [1.165, 1.54) is 0 Å². The third kappa shape index (κ3) is 5.36. The van der Waals surface area contributed by atoms with Crippen molar-refractivity contribution >= 4 is 23.2 Å². The highest BCUT2D eigenvalue weighted by atomic mass is 32.1. The lowest BCUT2D eigenvalue weighted by molar-refractivity contribution is 0.253. The lowest BCUT2D eigenvalue weighted by Gasteiger charge is -1.91. The molecular weight excluding hydrogens is 112 g/mol. The quantitative estimate of drug-likeness (QED) is 0.440. The van der Waals surface area contributed by atoms with Gasteiger partial charge in [0.05, 0.1) is 4.99 Å². The van der Waals surface area contributed by atoms with Crippen molar-refractivity contribution in [1.82, 2.24) is 5.32 Å². The van der Waals surface area contributed by atoms with Gasteiger partial charge in [-0.1, -0.05) is 12.2 Å². The Labute approximate surface area is 46.9 Å². The number of urea groups is 1. The van der Waals surface area contributed by atoms with Crippen molar-refractivity contribution in [3.63, 3.8) is 0 Å². The summed E-state index contributed by atoms with van der Waals surface area (Å²) in [5.41, 5.74) is 4.66. The molecule has 0 rings (SSSR count). The summed E-state index contributed by atoms with van der Waals surface area (Å²) in [7, 11) is 0. The van der Waals surface area contributed by atoms with E-state index in [2.05, 4.69) is 23.3 Å². The number of hydrogen-bond acceptors (Lipinski definition) is 2. The third-order valence-corrected chi connectivity index (χ3v) is 0.401. The van der Waals surface area contributed by atoms with Gasteiger partial charge in [-0.05, 0) is 6.92 Å². The average Bonchev–Trinajstić information content (AvgIpc) is 1.27. The van der Waals surface area contributed by atoms with Crippen LogP contribution in [0.4, 0.5) is 4.79 Å². The van der Waals surface area contributed by atoms with Crippen molar-refractivity contribution in [2.45, 2.75) is 6.92 Å². The van der Waals surface area contributed by atoms with Gasteiger partial charge in [-0.3, -0.25) is 0 Å². The Kier molecular flexibility index (Phi) is 2.29. The molecule has 0 aromatic carbocycles. The lowest BCUT2D eigenvalue weighted by Crippen LogP contribution is -2.31. The van der Waals surface area contributed by atoms with Gasteiger partial charge < -0.3 is 11.1 Å². The first-order valence-electron chi connectivity index (χ1n) is 1.70. The second-order valence-corrected chi connectivity index (χ2v) is 1.66. The molecule has 4 heteroatoms. The Morgan fingerprint density at radius 1 is 1.86 bits per heavy atom. The molecule has 0 aromatic rings. The number of primary amides is 1. The van der Waals surface area contributed by atoms with Gasteiger partial charge in [0.2, 0.25) is 0 Å². The predicted octanol–water partition coefficient (Wildman–Crippen LogP) is 0.00200. The highest BCUT2D eigenvalue weighted by Gasteiger charge is 1.87. The van der Waals surface area contributed by atoms with Crippen LogP contribution < -0.4 is 11.1 Å². The van der Waals surface area contributed by atoms with Crippen LogP contribution in [-0.2, 0) is 0 Å². The van der Waals surface area contributed by atoms with Crippen LogP contribution in [0.3, 0.4) is 0 Å². The first-order chi connectivity index (χ1) is 3.13. The standard InChI is InChI=1S/C3H6N2OS/c1-2(7)5-3(4)6/h1H3,(H3,4,5,6,7). The molecule has 0 aliphatic rings. The van der Waals surface area contributed by atoms with Gasteiger partial charge in [-0.25, -0.2) is 4.79 Å². The van der Waals surface area contributed by atoms with E-state index in [9.17, 15) is 4.79 Å². The Balaban J connectivity index is 3.32. The maximum atomic E-state index is 9.83. The highest BCUT2D eigenvalue weighted by molar-refractivity contribution is 7.80. The van der Waals surface area contributed by atoms with Crippen LogP contribution in [0, 0.1) is 0 Å². The number of nitrogens with one attached hydrogen (secondary N) is 1. The lowest BCUT2D eigenvalue weighted by atomic mass is 10.7. The molecule has 7 heavy (non-hydrogen) atoms. The van der Waals surface area contributed by atoms with Gasteiger partial charge in [-0.15, -0.1) is 0 Å². The summed E-state index contributed by atoms with van der Waals surface area (Å²) in [5.74, 6) is 0. The van der Waals surface area contributed by atoms with Crippen molar-refractivity contribution in [1.29, 1.82) is 0 Å². The summed E-state index contributed by atoms with van der Waals surface area (Å²) >= 11 is 4.46. The molecule has 3 N–H and O–H groups in total. The van der Waals surface area contributed by atoms with Gasteiger partial charge in [-0.2, -0.15) is 0 Å². The van der Waals surface area contributed by atoms with Crippen LogP contribution >= 0.6 is 12.2 Å². The van der Waals surface area contributed by atoms with E-state index in [0.29, 0.717) is 4.99 Å². The molecule has 0 aromatic heterocycles. The first-order valence-corrected chi connectivity index (χ1v) is 2.11. The molecule has 0 heterocycles. The summed E-state index contributed by atoms with van der Waals surface area (Å²) < 4.78 is 0. The van der Waals surface area contributed by atoms with Gasteiger partial charge >= 0.3 is 6.03 Å². The summed E-state index contributed by atoms with van der Waals surface area (Å²) in [5, 5.41) is 2.18. The number of hydrogen-bond donors (Lipinski definition) is 2. The van der Waals surface area contributed by atoms with Gasteiger partial charge in [0.25, 0.3) is 0 Å². The molecule has 0 atom stereocenters. The molecule has 3 nitrogen and oxygen atoms in total. The van der Waals surface area contributed by atoms with Gasteiger partial charge in [0.1, 0.15) is 0 Å². The molecule has 0 fully saturated rings. The van der Waals surface area contributed by atoms with Crippen LogP contribution in [0.25, 0.3) is 0 Å². The summed E-state index contributed by atoms with van der Waals surface area (Å²) in [6, 6.07) is -0.604. The minimum Gasteiger partial charge on any atom is -0.351 e. The number of amides is 2. The molecule has 0 aliphatic heterocycles. The van der Waals surface area contributed by atoms with E-state index in [1.54, 1.807) is 6.92 Å². The molecule has 0 bridgehead atoms. The molecule has 0 radical (unpaired) electrons. The van der Waals surface area contributed by atoms with E-state index in [1.807, 2.05) is 0 Å². The Bertz CT molecular complexity index is 89.1. The summed E-state index contributed by atoms with van der Waals surface area (Å²) in [6.07, 6.45) is 0. The van der Waals surface area contributed by atoms with Crippen LogP contribution in [0.15, 0.2) is 0 Å². The molecular formula is C3H6N2OS. The number of thiocarbonyl (C=S) groups is 1. The van der Waals surface area contributed by atoms with Crippen LogP contribution in [0.5, 0.6) is 0 Å². The van der Waals surface area contributed by atoms with E-state index < -0.39 is 6.03 Å². The first kappa shape index (κ1) is 6.36. The Morgan fingerprint density at radius 3 is 2.29 bits per heavy atom. The number of nitrogens with two attached hydrogens (primary N) is 1. The fourth-order valence-electron chi connectivity index (χ4n) is 0.173. The van der Waals surface area contributed by atoms with E-state index in [0.717, 1.165) is 0 Å². The fraction of sp³-hybridized carbons (Fsp3) is 0.333. The van der Waals surface area contributed by atoms with Crippen molar-refractivity contribution in [3.05, 3.63) is 0 Å². The predicted molar refractivity (Wildman–Crippen MR) is 31.0 cm³/mol. The summed E-state index contributed by atoms with van der Waals surface area (Å²) in [4.78, 5) is 10.2. The fourth-order valence-corrected chi connectivity index (χ4v) is 0.274. The normalized spacial score (nSPS) is 7.57. The van der Waals surface area contributed by atoms with Gasteiger partial charge in [0, 0.05) is 0 Å². The SMILES string of the molecule is CC(=S)NC(N)=O. The molecule has 0 saturated heterocycles. The largest absolute Gasteiger partial charge is 0.351 e. The van der Waals surface area contributed by atoms with Crippen molar-refractivity contribution in [2.75, 3.05) is 0 Å². The highest BCUT2D eigenvalue weighted by Crippen LogP contribution is 1.63. The average molecular weight is 118 g/mol. The number of rotatable bonds is 0. The smallest absolute Gasteiger partial charge is 0.316 e. The maximum absolute atomic E-state index is 9.83. The van der Waals surface area contributed by atoms with Crippen LogP contribution in [-0.4, -0.2) is 11.0 Å². The third-order valence-electron chi connectivity index (χ3n) is 0.299. The number of carbonyl (C=O) groups excluding carboxylic acids is 1. The Morgan fingerprint density at radius 2 is 2.29 bits per heavy atom. The topological polar surface area (TPSA) is 55.1 Å². The van der Waals surface area contributed by atoms with Crippen LogP contribution in [0.2, 0.25) is 0 Å². The monoisotopic (exact) mass is 118 g/mol. The van der Waals surface area contributed by atoms with Crippen molar-refractivity contribution in [2.24, 2.45) is 5.73 Å². The zero-order valence-corrected chi connectivity index (χ0v) is 4.71. The molecule has 0 aliphatic carbocycles. The molecule has 0 spiro atoms. The maximum Gasteiger partial charge on any atom is 0.316 e. The van der Waals surface area contributed by atoms with Crippen LogP contribution in [0.1, 0.15) is 6.92 Å². The molecule has 0 unspecified atom stereocenters. The Hall–Kier alpha value is -0.640. The van der Waals surface area contributed by atoms with E-state index in [-0.39, 0.29) is 0 Å². The molecule has 40 valence electrons. The summed E-state index contributed by atoms with van der Waals surface area (Å²) in [6.45, 7) is 1.58. The minimum absolute atomic E-state index is 0.396. The second kappa shape index (κ2) is 2.52. The number of carbonyl (C=O) groups is 1. The minimum atomic E-state index is -0.604.